The molecule has 5 heteroatoms. The van der Waals surface area contributed by atoms with E-state index < -0.39 is 5.82 Å². The monoisotopic (exact) mass is 197 g/mol. The molecule has 3 N–H and O–H groups in total. The van der Waals surface area contributed by atoms with Gasteiger partial charge in [-0.1, -0.05) is 0 Å². The van der Waals surface area contributed by atoms with Crippen molar-refractivity contribution in [3.63, 3.8) is 0 Å². The molecule has 0 aliphatic rings. The number of aromatic nitrogens is 1. The van der Waals surface area contributed by atoms with Crippen molar-refractivity contribution in [3.8, 4) is 0 Å². The molecule has 0 saturated heterocycles. The lowest BCUT2D eigenvalue weighted by Crippen LogP contribution is -2.24. The van der Waals surface area contributed by atoms with E-state index in [1.165, 1.54) is 12.3 Å². The van der Waals surface area contributed by atoms with E-state index in [-0.39, 0.29) is 24.1 Å². The van der Waals surface area contributed by atoms with Crippen LogP contribution in [0.25, 0.3) is 0 Å². The normalized spacial score (nSPS) is 12.2. The highest BCUT2D eigenvalue weighted by Gasteiger charge is 2.07. The average Bonchev–Trinajstić information content (AvgIpc) is 2.07. The molecule has 4 nitrogen and oxygen atoms in total. The van der Waals surface area contributed by atoms with Crippen LogP contribution in [-0.2, 0) is 4.79 Å². The molecule has 0 aromatic carbocycles. The number of amides is 1. The summed E-state index contributed by atoms with van der Waals surface area (Å²) in [7, 11) is 0. The molecule has 1 aromatic heterocycles. The Morgan fingerprint density at radius 3 is 3.07 bits per heavy atom. The summed E-state index contributed by atoms with van der Waals surface area (Å²) in [5, 5.41) is 2.41. The van der Waals surface area contributed by atoms with Gasteiger partial charge in [0.05, 0.1) is 11.9 Å². The lowest BCUT2D eigenvalue weighted by molar-refractivity contribution is -0.116. The van der Waals surface area contributed by atoms with Gasteiger partial charge in [0, 0.05) is 18.7 Å². The third kappa shape index (κ3) is 3.10. The van der Waals surface area contributed by atoms with E-state index in [9.17, 15) is 9.18 Å². The van der Waals surface area contributed by atoms with E-state index in [0.717, 1.165) is 6.20 Å². The maximum absolute atomic E-state index is 13.0. The van der Waals surface area contributed by atoms with Crippen LogP contribution in [0.1, 0.15) is 13.3 Å². The van der Waals surface area contributed by atoms with E-state index in [4.69, 9.17) is 5.73 Å². The number of halogens is 1. The molecule has 0 saturated carbocycles. The van der Waals surface area contributed by atoms with Crippen molar-refractivity contribution in [1.82, 2.24) is 4.98 Å². The average molecular weight is 197 g/mol. The molecule has 1 rings (SSSR count). The first-order chi connectivity index (χ1) is 6.59. The summed E-state index contributed by atoms with van der Waals surface area (Å²) in [5.74, 6) is -0.851. The summed E-state index contributed by atoms with van der Waals surface area (Å²) in [6.45, 7) is 1.71. The Bertz CT molecular complexity index is 328. The maximum Gasteiger partial charge on any atom is 0.226 e. The molecule has 1 unspecified atom stereocenters. The fraction of sp³-hybridized carbons (Fsp3) is 0.333. The summed E-state index contributed by atoms with van der Waals surface area (Å²) in [5.41, 5.74) is 5.55. The van der Waals surface area contributed by atoms with E-state index in [1.807, 2.05) is 0 Å². The topological polar surface area (TPSA) is 68.0 Å². The van der Waals surface area contributed by atoms with Crippen molar-refractivity contribution < 1.29 is 9.18 Å². The fourth-order valence-corrected chi connectivity index (χ4v) is 0.970. The van der Waals surface area contributed by atoms with E-state index >= 15 is 0 Å². The molecule has 14 heavy (non-hydrogen) atoms. The highest BCUT2D eigenvalue weighted by Crippen LogP contribution is 2.10. The number of anilines is 1. The molecule has 0 bridgehead atoms. The molecule has 0 radical (unpaired) electrons. The van der Waals surface area contributed by atoms with Gasteiger partial charge in [0.2, 0.25) is 5.91 Å². The zero-order chi connectivity index (χ0) is 10.6. The zero-order valence-electron chi connectivity index (χ0n) is 7.83. The molecule has 76 valence electrons. The molecule has 0 aliphatic carbocycles. The minimum absolute atomic E-state index is 0.130. The van der Waals surface area contributed by atoms with Crippen LogP contribution in [0.3, 0.4) is 0 Å². The first kappa shape index (κ1) is 10.6. The Labute approximate surface area is 81.3 Å². The number of pyridine rings is 1. The quantitative estimate of drug-likeness (QED) is 0.756. The zero-order valence-corrected chi connectivity index (χ0v) is 7.83. The number of hydrogen-bond donors (Lipinski definition) is 2. The second kappa shape index (κ2) is 4.66. The van der Waals surface area contributed by atoms with Gasteiger partial charge in [-0.3, -0.25) is 9.78 Å². The number of hydrogen-bond acceptors (Lipinski definition) is 3. The third-order valence-corrected chi connectivity index (χ3v) is 1.55. The smallest absolute Gasteiger partial charge is 0.226 e. The van der Waals surface area contributed by atoms with Gasteiger partial charge in [-0.15, -0.1) is 0 Å². The summed E-state index contributed by atoms with van der Waals surface area (Å²) < 4.78 is 13.0. The molecular weight excluding hydrogens is 185 g/mol. The largest absolute Gasteiger partial charge is 0.327 e. The fourth-order valence-electron chi connectivity index (χ4n) is 0.970. The number of rotatable bonds is 3. The molecule has 1 atom stereocenters. The van der Waals surface area contributed by atoms with Crippen molar-refractivity contribution in [2.24, 2.45) is 5.73 Å². The molecule has 1 aromatic rings. The highest BCUT2D eigenvalue weighted by molar-refractivity contribution is 5.91. The minimum atomic E-state index is -0.550. The number of nitrogens with one attached hydrogen (secondary N) is 1. The lowest BCUT2D eigenvalue weighted by Gasteiger charge is -2.07. The first-order valence-electron chi connectivity index (χ1n) is 4.24. The maximum atomic E-state index is 13.0. The predicted octanol–water partition coefficient (Wildman–Crippen LogP) is 0.896. The highest BCUT2D eigenvalue weighted by atomic mass is 19.1. The van der Waals surface area contributed by atoms with E-state index in [0.29, 0.717) is 0 Å². The van der Waals surface area contributed by atoms with Crippen LogP contribution in [0, 0.1) is 5.82 Å². The van der Waals surface area contributed by atoms with Crippen LogP contribution in [0.4, 0.5) is 10.1 Å². The van der Waals surface area contributed by atoms with Gasteiger partial charge in [-0.2, -0.15) is 0 Å². The van der Waals surface area contributed by atoms with Gasteiger partial charge in [0.15, 0.2) is 5.82 Å². The molecule has 0 spiro atoms. The number of nitrogens with zero attached hydrogens (tertiary/aromatic N) is 1. The Morgan fingerprint density at radius 1 is 1.79 bits per heavy atom. The van der Waals surface area contributed by atoms with Crippen LogP contribution in [0.5, 0.6) is 0 Å². The minimum Gasteiger partial charge on any atom is -0.327 e. The number of carbonyl (C=O) groups excluding carboxylic acids is 1. The van der Waals surface area contributed by atoms with Crippen LogP contribution in [0.2, 0.25) is 0 Å². The van der Waals surface area contributed by atoms with Crippen LogP contribution in [0.15, 0.2) is 18.5 Å². The SMILES string of the molecule is CC(N)CC(=O)Nc1ccncc1F. The summed E-state index contributed by atoms with van der Waals surface area (Å²) in [4.78, 5) is 14.8. The molecular formula is C9H12FN3O. The summed E-state index contributed by atoms with van der Waals surface area (Å²) >= 11 is 0. The second-order valence-corrected chi connectivity index (χ2v) is 3.09. The molecule has 1 heterocycles. The van der Waals surface area contributed by atoms with Gasteiger partial charge in [-0.05, 0) is 13.0 Å². The van der Waals surface area contributed by atoms with Crippen molar-refractivity contribution in [2.45, 2.75) is 19.4 Å². The summed E-state index contributed by atoms with van der Waals surface area (Å²) in [6, 6.07) is 1.16. The van der Waals surface area contributed by atoms with Gasteiger partial charge in [0.1, 0.15) is 0 Å². The Balaban J connectivity index is 2.61. The van der Waals surface area contributed by atoms with Gasteiger partial charge < -0.3 is 11.1 Å². The first-order valence-corrected chi connectivity index (χ1v) is 4.24. The predicted molar refractivity (Wildman–Crippen MR) is 51.1 cm³/mol. The van der Waals surface area contributed by atoms with E-state index in [2.05, 4.69) is 10.3 Å². The standard InChI is InChI=1S/C9H12FN3O/c1-6(11)4-9(14)13-8-2-3-12-5-7(8)10/h2-3,5-6H,4,11H2,1H3,(H,12,13,14). The molecule has 0 aliphatic heterocycles. The van der Waals surface area contributed by atoms with Crippen LogP contribution >= 0.6 is 0 Å². The van der Waals surface area contributed by atoms with E-state index in [1.54, 1.807) is 6.92 Å². The van der Waals surface area contributed by atoms with Crippen molar-refractivity contribution in [1.29, 1.82) is 0 Å². The van der Waals surface area contributed by atoms with Crippen molar-refractivity contribution >= 4 is 11.6 Å². The van der Waals surface area contributed by atoms with Crippen LogP contribution < -0.4 is 11.1 Å². The number of nitrogens with two attached hydrogens (primary N) is 1. The summed E-state index contributed by atoms with van der Waals surface area (Å²) in [6.07, 6.45) is 2.62. The Hall–Kier alpha value is -1.49. The second-order valence-electron chi connectivity index (χ2n) is 3.09. The van der Waals surface area contributed by atoms with Gasteiger partial charge in [-0.25, -0.2) is 4.39 Å². The van der Waals surface area contributed by atoms with Gasteiger partial charge >= 0.3 is 0 Å². The molecule has 1 amide bonds. The van der Waals surface area contributed by atoms with Crippen molar-refractivity contribution in [2.75, 3.05) is 5.32 Å². The van der Waals surface area contributed by atoms with Gasteiger partial charge in [0.25, 0.3) is 0 Å². The van der Waals surface area contributed by atoms with Crippen molar-refractivity contribution in [3.05, 3.63) is 24.3 Å². The Kier molecular flexibility index (Phi) is 3.53. The number of carbonyl (C=O) groups is 1. The Morgan fingerprint density at radius 2 is 2.50 bits per heavy atom. The lowest BCUT2D eigenvalue weighted by atomic mass is 10.2. The molecule has 0 fully saturated rings. The van der Waals surface area contributed by atoms with Crippen LogP contribution in [-0.4, -0.2) is 16.9 Å². The third-order valence-electron chi connectivity index (χ3n) is 1.55.